The van der Waals surface area contributed by atoms with Crippen LogP contribution in [-0.2, 0) is 4.79 Å². The average Bonchev–Trinajstić information content (AvgIpc) is 2.80. The van der Waals surface area contributed by atoms with Crippen molar-refractivity contribution in [3.63, 3.8) is 0 Å². The maximum Gasteiger partial charge on any atom is 0.310 e. The van der Waals surface area contributed by atoms with Crippen molar-refractivity contribution in [2.75, 3.05) is 0 Å². The quantitative estimate of drug-likeness (QED) is 0.748. The Labute approximate surface area is 140 Å². The van der Waals surface area contributed by atoms with E-state index >= 15 is 0 Å². The van der Waals surface area contributed by atoms with Gasteiger partial charge in [0.05, 0.1) is 11.0 Å². The smallest absolute Gasteiger partial charge is 0.310 e. The number of hydrogen-bond donors (Lipinski definition) is 2. The Morgan fingerprint density at radius 2 is 1.78 bits per heavy atom. The fourth-order valence-electron chi connectivity index (χ4n) is 6.11. The van der Waals surface area contributed by atoms with E-state index in [9.17, 15) is 15.0 Å². The summed E-state index contributed by atoms with van der Waals surface area (Å²) in [5.74, 6) is 0.622. The molecule has 3 rings (SSSR count). The van der Waals surface area contributed by atoms with Crippen LogP contribution in [0.25, 0.3) is 0 Å². The zero-order valence-corrected chi connectivity index (χ0v) is 15.0. The summed E-state index contributed by atoms with van der Waals surface area (Å²) in [6.07, 6.45) is 9.70. The molecule has 3 nitrogen and oxygen atoms in total. The lowest BCUT2D eigenvalue weighted by Gasteiger charge is -2.52. The van der Waals surface area contributed by atoms with E-state index in [2.05, 4.69) is 26.8 Å². The molecule has 3 heteroatoms. The second-order valence-electron chi connectivity index (χ2n) is 9.28. The highest BCUT2D eigenvalue weighted by atomic mass is 16.4. The minimum Gasteiger partial charge on any atom is -0.481 e. The van der Waals surface area contributed by atoms with E-state index in [-0.39, 0.29) is 23.2 Å². The molecule has 0 aromatic rings. The predicted octanol–water partition coefficient (Wildman–Crippen LogP) is 4.26. The lowest BCUT2D eigenvalue weighted by molar-refractivity contribution is -0.164. The van der Waals surface area contributed by atoms with Gasteiger partial charge in [0, 0.05) is 0 Å². The molecule has 0 spiro atoms. The Morgan fingerprint density at radius 3 is 2.39 bits per heavy atom. The standard InChI is InChI=1S/C20H32O3/c1-13(2)14-5-6-16-15-7-8-19(4,23)11-9-18(15,3)10-12-20(14,16)17(21)22/h7-8,13-16,23H,5-6,9-12H2,1-4H3,(H,21,22). The Bertz CT molecular complexity index is 521. The topological polar surface area (TPSA) is 57.5 Å². The number of carboxylic acid groups (broad SMARTS) is 1. The van der Waals surface area contributed by atoms with E-state index in [1.165, 1.54) is 0 Å². The van der Waals surface area contributed by atoms with Crippen LogP contribution >= 0.6 is 0 Å². The lowest BCUT2D eigenvalue weighted by atomic mass is 9.50. The van der Waals surface area contributed by atoms with Crippen LogP contribution in [0.2, 0.25) is 0 Å². The highest BCUT2D eigenvalue weighted by molar-refractivity contribution is 5.76. The number of fused-ring (bicyclic) bond motifs is 3. The monoisotopic (exact) mass is 320 g/mol. The van der Waals surface area contributed by atoms with E-state index in [4.69, 9.17) is 0 Å². The molecular formula is C20H32O3. The van der Waals surface area contributed by atoms with Crippen molar-refractivity contribution in [2.45, 2.75) is 71.8 Å². The van der Waals surface area contributed by atoms with Gasteiger partial charge in [-0.2, -0.15) is 0 Å². The second kappa shape index (κ2) is 5.34. The third kappa shape index (κ3) is 2.47. The van der Waals surface area contributed by atoms with E-state index in [0.29, 0.717) is 5.92 Å². The molecule has 0 bridgehead atoms. The van der Waals surface area contributed by atoms with Crippen molar-refractivity contribution < 1.29 is 15.0 Å². The van der Waals surface area contributed by atoms with Gasteiger partial charge in [0.1, 0.15) is 0 Å². The number of carboxylic acids is 1. The normalized spacial score (nSPS) is 49.6. The van der Waals surface area contributed by atoms with Crippen LogP contribution in [-0.4, -0.2) is 21.8 Å². The maximum atomic E-state index is 12.4. The van der Waals surface area contributed by atoms with Gasteiger partial charge < -0.3 is 10.2 Å². The first-order chi connectivity index (χ1) is 10.6. The molecule has 6 atom stereocenters. The Balaban J connectivity index is 2.04. The van der Waals surface area contributed by atoms with Crippen molar-refractivity contribution in [1.82, 2.24) is 0 Å². The molecule has 0 aromatic carbocycles. The van der Waals surface area contributed by atoms with E-state index < -0.39 is 17.0 Å². The van der Waals surface area contributed by atoms with Crippen molar-refractivity contribution in [3.05, 3.63) is 12.2 Å². The molecule has 0 aromatic heterocycles. The molecule has 0 amide bonds. The van der Waals surface area contributed by atoms with Crippen LogP contribution in [0, 0.1) is 34.5 Å². The van der Waals surface area contributed by atoms with E-state index in [1.807, 2.05) is 13.0 Å². The molecule has 0 radical (unpaired) electrons. The number of hydrogen-bond acceptors (Lipinski definition) is 2. The minimum atomic E-state index is -0.748. The predicted molar refractivity (Wildman–Crippen MR) is 90.9 cm³/mol. The summed E-state index contributed by atoms with van der Waals surface area (Å²) in [7, 11) is 0. The van der Waals surface area contributed by atoms with Crippen molar-refractivity contribution in [3.8, 4) is 0 Å². The highest BCUT2D eigenvalue weighted by Gasteiger charge is 2.63. The average molecular weight is 320 g/mol. The number of allylic oxidation sites excluding steroid dienone is 1. The third-order valence-corrected chi connectivity index (χ3v) is 7.53. The molecule has 23 heavy (non-hydrogen) atoms. The summed E-state index contributed by atoms with van der Waals surface area (Å²) in [6.45, 7) is 8.55. The summed E-state index contributed by atoms with van der Waals surface area (Å²) in [4.78, 5) is 12.4. The Hall–Kier alpha value is -0.830. The minimum absolute atomic E-state index is 0.131. The molecule has 3 aliphatic rings. The Morgan fingerprint density at radius 1 is 1.13 bits per heavy atom. The summed E-state index contributed by atoms with van der Waals surface area (Å²) >= 11 is 0. The molecule has 2 saturated carbocycles. The van der Waals surface area contributed by atoms with Gasteiger partial charge in [0.2, 0.25) is 0 Å². The summed E-state index contributed by atoms with van der Waals surface area (Å²) < 4.78 is 0. The molecule has 3 aliphatic carbocycles. The number of aliphatic carboxylic acids is 1. The molecule has 6 unspecified atom stereocenters. The molecule has 0 aliphatic heterocycles. The highest BCUT2D eigenvalue weighted by Crippen LogP contribution is 2.65. The Kier molecular flexibility index (Phi) is 3.95. The molecule has 2 fully saturated rings. The molecule has 0 saturated heterocycles. The van der Waals surface area contributed by atoms with Gasteiger partial charge in [-0.1, -0.05) is 32.9 Å². The number of carbonyl (C=O) groups is 1. The fourth-order valence-corrected chi connectivity index (χ4v) is 6.11. The van der Waals surface area contributed by atoms with E-state index in [1.54, 1.807) is 0 Å². The largest absolute Gasteiger partial charge is 0.481 e. The molecule has 130 valence electrons. The second-order valence-corrected chi connectivity index (χ2v) is 9.28. The van der Waals surface area contributed by atoms with Crippen LogP contribution < -0.4 is 0 Å². The van der Waals surface area contributed by atoms with Crippen LogP contribution in [0.3, 0.4) is 0 Å². The molecule has 0 heterocycles. The SMILES string of the molecule is CC(C)C1CCC2C3C=CC(C)(O)CCC3(C)CCC12C(=O)O. The number of rotatable bonds is 2. The van der Waals surface area contributed by atoms with Crippen LogP contribution in [0.4, 0.5) is 0 Å². The van der Waals surface area contributed by atoms with Gasteiger partial charge in [-0.15, -0.1) is 0 Å². The van der Waals surface area contributed by atoms with Gasteiger partial charge in [-0.05, 0) is 74.5 Å². The van der Waals surface area contributed by atoms with Gasteiger partial charge in [0.25, 0.3) is 0 Å². The third-order valence-electron chi connectivity index (χ3n) is 7.53. The van der Waals surface area contributed by atoms with E-state index in [0.717, 1.165) is 38.5 Å². The summed E-state index contributed by atoms with van der Waals surface area (Å²) in [5.41, 5.74) is -1.17. The molecular weight excluding hydrogens is 288 g/mol. The first-order valence-electron chi connectivity index (χ1n) is 9.27. The van der Waals surface area contributed by atoms with Crippen LogP contribution in [0.1, 0.15) is 66.2 Å². The first-order valence-corrected chi connectivity index (χ1v) is 9.27. The van der Waals surface area contributed by atoms with Crippen molar-refractivity contribution >= 4 is 5.97 Å². The van der Waals surface area contributed by atoms with Crippen LogP contribution in [0.15, 0.2) is 12.2 Å². The number of aliphatic hydroxyl groups is 1. The first kappa shape index (κ1) is 17.0. The summed E-state index contributed by atoms with van der Waals surface area (Å²) in [6, 6.07) is 0. The summed E-state index contributed by atoms with van der Waals surface area (Å²) in [5, 5.41) is 20.7. The fraction of sp³-hybridized carbons (Fsp3) is 0.850. The van der Waals surface area contributed by atoms with Crippen molar-refractivity contribution in [1.29, 1.82) is 0 Å². The zero-order valence-electron chi connectivity index (χ0n) is 15.0. The van der Waals surface area contributed by atoms with Crippen LogP contribution in [0.5, 0.6) is 0 Å². The molecule has 2 N–H and O–H groups in total. The van der Waals surface area contributed by atoms with Gasteiger partial charge >= 0.3 is 5.97 Å². The van der Waals surface area contributed by atoms with Crippen molar-refractivity contribution in [2.24, 2.45) is 34.5 Å². The van der Waals surface area contributed by atoms with Gasteiger partial charge in [-0.25, -0.2) is 0 Å². The van der Waals surface area contributed by atoms with Gasteiger partial charge in [0.15, 0.2) is 0 Å². The lowest BCUT2D eigenvalue weighted by Crippen LogP contribution is -2.52. The van der Waals surface area contributed by atoms with Gasteiger partial charge in [-0.3, -0.25) is 4.79 Å². The maximum absolute atomic E-state index is 12.4. The zero-order chi connectivity index (χ0) is 17.0.